The summed E-state index contributed by atoms with van der Waals surface area (Å²) in [7, 11) is 0. The first kappa shape index (κ1) is 18.1. The maximum atomic E-state index is 11.3. The van der Waals surface area contributed by atoms with Crippen molar-refractivity contribution in [3.63, 3.8) is 0 Å². The summed E-state index contributed by atoms with van der Waals surface area (Å²) in [6.45, 7) is 7.09. The highest BCUT2D eigenvalue weighted by Crippen LogP contribution is 2.21. The third-order valence-electron chi connectivity index (χ3n) is 3.36. The van der Waals surface area contributed by atoms with Crippen molar-refractivity contribution in [1.82, 2.24) is 5.32 Å². The van der Waals surface area contributed by atoms with Crippen LogP contribution in [0.5, 0.6) is 0 Å². The van der Waals surface area contributed by atoms with Gasteiger partial charge in [0.1, 0.15) is 6.61 Å². The van der Waals surface area contributed by atoms with E-state index in [4.69, 9.17) is 4.74 Å². The minimum Gasteiger partial charge on any atom is -0.458 e. The number of aldehydes is 1. The van der Waals surface area contributed by atoms with Crippen molar-refractivity contribution in [2.45, 2.75) is 71.3 Å². The Kier molecular flexibility index (Phi) is 10.5. The second-order valence-corrected chi connectivity index (χ2v) is 5.29. The standard InChI is InChI=1S/C15H29NO3/c1-4-6-9-15(3,10-7-5-2)16-11-8-14(18)19-13-12-17/h12,16H,4-11,13H2,1-3H3. The van der Waals surface area contributed by atoms with Crippen LogP contribution in [0.2, 0.25) is 0 Å². The van der Waals surface area contributed by atoms with Crippen molar-refractivity contribution < 1.29 is 14.3 Å². The smallest absolute Gasteiger partial charge is 0.307 e. The average Bonchev–Trinajstić information content (AvgIpc) is 2.41. The van der Waals surface area contributed by atoms with Crippen LogP contribution in [0.3, 0.4) is 0 Å². The first-order valence-electron chi connectivity index (χ1n) is 7.42. The summed E-state index contributed by atoms with van der Waals surface area (Å²) in [6.07, 6.45) is 7.94. The number of carbonyl (C=O) groups is 2. The van der Waals surface area contributed by atoms with Gasteiger partial charge in [0.25, 0.3) is 0 Å². The molecule has 0 saturated heterocycles. The molecular formula is C15H29NO3. The first-order chi connectivity index (χ1) is 9.08. The highest BCUT2D eigenvalue weighted by Gasteiger charge is 2.22. The van der Waals surface area contributed by atoms with Crippen LogP contribution < -0.4 is 5.32 Å². The zero-order chi connectivity index (χ0) is 14.6. The van der Waals surface area contributed by atoms with Crippen LogP contribution in [-0.2, 0) is 14.3 Å². The van der Waals surface area contributed by atoms with Crippen LogP contribution in [0.15, 0.2) is 0 Å². The Hall–Kier alpha value is -0.900. The molecule has 0 unspecified atom stereocenters. The molecule has 0 aromatic heterocycles. The Morgan fingerprint density at radius 3 is 2.26 bits per heavy atom. The van der Waals surface area contributed by atoms with Gasteiger partial charge in [0.05, 0.1) is 6.42 Å². The molecule has 0 aromatic rings. The molecule has 0 aliphatic carbocycles. The van der Waals surface area contributed by atoms with Gasteiger partial charge in [-0.25, -0.2) is 0 Å². The molecule has 0 rings (SSSR count). The average molecular weight is 271 g/mol. The predicted molar refractivity (Wildman–Crippen MR) is 77.1 cm³/mol. The van der Waals surface area contributed by atoms with E-state index in [-0.39, 0.29) is 18.1 Å². The van der Waals surface area contributed by atoms with Crippen LogP contribution in [0.1, 0.15) is 65.7 Å². The molecule has 0 spiro atoms. The topological polar surface area (TPSA) is 55.4 Å². The van der Waals surface area contributed by atoms with Gasteiger partial charge in [-0.05, 0) is 19.8 Å². The van der Waals surface area contributed by atoms with Crippen LogP contribution in [0, 0.1) is 0 Å². The molecule has 0 bridgehead atoms. The highest BCUT2D eigenvalue weighted by atomic mass is 16.5. The molecule has 0 aliphatic heterocycles. The monoisotopic (exact) mass is 271 g/mol. The highest BCUT2D eigenvalue weighted by molar-refractivity contribution is 5.71. The normalized spacial score (nSPS) is 11.3. The van der Waals surface area contributed by atoms with Crippen LogP contribution in [-0.4, -0.2) is 30.9 Å². The predicted octanol–water partition coefficient (Wildman–Crippen LogP) is 2.85. The summed E-state index contributed by atoms with van der Waals surface area (Å²) in [5.74, 6) is -0.312. The zero-order valence-electron chi connectivity index (χ0n) is 12.7. The second kappa shape index (κ2) is 11.0. The Morgan fingerprint density at radius 1 is 1.21 bits per heavy atom. The second-order valence-electron chi connectivity index (χ2n) is 5.29. The number of hydrogen-bond donors (Lipinski definition) is 1. The van der Waals surface area contributed by atoms with E-state index in [9.17, 15) is 9.59 Å². The molecule has 0 amide bonds. The van der Waals surface area contributed by atoms with Gasteiger partial charge in [-0.1, -0.05) is 39.5 Å². The summed E-state index contributed by atoms with van der Waals surface area (Å²) in [5, 5.41) is 3.48. The van der Waals surface area contributed by atoms with E-state index in [2.05, 4.69) is 26.1 Å². The fourth-order valence-electron chi connectivity index (χ4n) is 2.10. The van der Waals surface area contributed by atoms with Crippen molar-refractivity contribution in [1.29, 1.82) is 0 Å². The van der Waals surface area contributed by atoms with Gasteiger partial charge in [0.15, 0.2) is 6.29 Å². The van der Waals surface area contributed by atoms with Crippen LogP contribution in [0.4, 0.5) is 0 Å². The molecule has 0 aromatic carbocycles. The number of esters is 1. The van der Waals surface area contributed by atoms with Crippen LogP contribution in [0.25, 0.3) is 0 Å². The molecule has 4 nitrogen and oxygen atoms in total. The Morgan fingerprint density at radius 2 is 1.79 bits per heavy atom. The lowest BCUT2D eigenvalue weighted by atomic mass is 9.89. The first-order valence-corrected chi connectivity index (χ1v) is 7.42. The van der Waals surface area contributed by atoms with Crippen molar-refractivity contribution >= 4 is 12.3 Å². The number of nitrogens with one attached hydrogen (secondary N) is 1. The van der Waals surface area contributed by atoms with E-state index >= 15 is 0 Å². The summed E-state index contributed by atoms with van der Waals surface area (Å²) in [5.41, 5.74) is 0.108. The summed E-state index contributed by atoms with van der Waals surface area (Å²) in [4.78, 5) is 21.4. The van der Waals surface area contributed by atoms with E-state index in [0.717, 1.165) is 12.8 Å². The zero-order valence-corrected chi connectivity index (χ0v) is 12.7. The maximum Gasteiger partial charge on any atom is 0.307 e. The number of ether oxygens (including phenoxy) is 1. The SMILES string of the molecule is CCCCC(C)(CCCC)NCCC(=O)OCC=O. The molecule has 0 fully saturated rings. The van der Waals surface area contributed by atoms with Gasteiger partial charge >= 0.3 is 5.97 Å². The molecule has 0 saturated carbocycles. The van der Waals surface area contributed by atoms with E-state index in [0.29, 0.717) is 19.3 Å². The third kappa shape index (κ3) is 9.65. The van der Waals surface area contributed by atoms with Crippen molar-refractivity contribution in [3.05, 3.63) is 0 Å². The molecular weight excluding hydrogens is 242 g/mol. The summed E-state index contributed by atoms with van der Waals surface area (Å²) in [6, 6.07) is 0. The molecule has 19 heavy (non-hydrogen) atoms. The fraction of sp³-hybridized carbons (Fsp3) is 0.867. The maximum absolute atomic E-state index is 11.3. The molecule has 1 N–H and O–H groups in total. The minimum absolute atomic E-state index is 0.108. The fourth-order valence-corrected chi connectivity index (χ4v) is 2.10. The van der Waals surface area contributed by atoms with Crippen molar-refractivity contribution in [2.24, 2.45) is 0 Å². The van der Waals surface area contributed by atoms with E-state index in [1.807, 2.05) is 0 Å². The number of rotatable bonds is 12. The molecule has 112 valence electrons. The number of unbranched alkanes of at least 4 members (excludes halogenated alkanes) is 2. The number of carbonyl (C=O) groups excluding carboxylic acids is 2. The minimum atomic E-state index is -0.312. The molecule has 0 heterocycles. The van der Waals surface area contributed by atoms with Crippen molar-refractivity contribution in [2.75, 3.05) is 13.2 Å². The summed E-state index contributed by atoms with van der Waals surface area (Å²) >= 11 is 0. The third-order valence-corrected chi connectivity index (χ3v) is 3.36. The lowest BCUT2D eigenvalue weighted by Crippen LogP contribution is -2.43. The van der Waals surface area contributed by atoms with Gasteiger partial charge in [-0.3, -0.25) is 9.59 Å². The molecule has 0 radical (unpaired) electrons. The van der Waals surface area contributed by atoms with Gasteiger partial charge in [-0.2, -0.15) is 0 Å². The Balaban J connectivity index is 4.02. The van der Waals surface area contributed by atoms with Gasteiger partial charge < -0.3 is 10.1 Å². The van der Waals surface area contributed by atoms with Gasteiger partial charge in [0.2, 0.25) is 0 Å². The van der Waals surface area contributed by atoms with E-state index in [1.165, 1.54) is 25.7 Å². The molecule has 0 aliphatic rings. The quantitative estimate of drug-likeness (QED) is 0.438. The lowest BCUT2D eigenvalue weighted by Gasteiger charge is -2.31. The Labute approximate surface area is 117 Å². The largest absolute Gasteiger partial charge is 0.458 e. The lowest BCUT2D eigenvalue weighted by molar-refractivity contribution is -0.145. The Bertz CT molecular complexity index is 246. The van der Waals surface area contributed by atoms with Crippen LogP contribution >= 0.6 is 0 Å². The van der Waals surface area contributed by atoms with E-state index < -0.39 is 0 Å². The molecule has 4 heteroatoms. The van der Waals surface area contributed by atoms with Gasteiger partial charge in [-0.15, -0.1) is 0 Å². The number of hydrogen-bond acceptors (Lipinski definition) is 4. The van der Waals surface area contributed by atoms with Crippen molar-refractivity contribution in [3.8, 4) is 0 Å². The van der Waals surface area contributed by atoms with E-state index in [1.54, 1.807) is 0 Å². The van der Waals surface area contributed by atoms with Gasteiger partial charge in [0, 0.05) is 12.1 Å². The summed E-state index contributed by atoms with van der Waals surface area (Å²) < 4.78 is 4.72. The molecule has 0 atom stereocenters.